The third-order valence-corrected chi connectivity index (χ3v) is 4.09. The molecule has 0 spiro atoms. The van der Waals surface area contributed by atoms with E-state index in [1.165, 1.54) is 6.07 Å². The van der Waals surface area contributed by atoms with E-state index in [9.17, 15) is 9.90 Å². The molecule has 1 aliphatic heterocycles. The Hall–Kier alpha value is -2.63. The van der Waals surface area contributed by atoms with E-state index in [0.29, 0.717) is 23.7 Å². The summed E-state index contributed by atoms with van der Waals surface area (Å²) in [5.74, 6) is 0.925. The third kappa shape index (κ3) is 3.58. The van der Waals surface area contributed by atoms with Gasteiger partial charge in [-0.15, -0.1) is 0 Å². The summed E-state index contributed by atoms with van der Waals surface area (Å²) in [6, 6.07) is 10.2. The van der Waals surface area contributed by atoms with Crippen LogP contribution < -0.4 is 14.2 Å². The average molecular weight is 338 g/mol. The number of carboxylic acid groups (broad SMARTS) is 1. The number of hydrogen-bond acceptors (Lipinski definition) is 4. The first-order valence-corrected chi connectivity index (χ1v) is 8.15. The number of rotatable bonds is 6. The lowest BCUT2D eigenvalue weighted by Crippen LogP contribution is -2.30. The predicted octanol–water partition coefficient (Wildman–Crippen LogP) is 3.49. The van der Waals surface area contributed by atoms with Crippen LogP contribution in [0.15, 0.2) is 36.4 Å². The monoisotopic (exact) mass is 338 g/mol. The number of fused-ring (bicyclic) bond motifs is 1. The van der Waals surface area contributed by atoms with E-state index in [1.54, 1.807) is 31.2 Å². The summed E-state index contributed by atoms with van der Waals surface area (Å²) in [5.41, 5.74) is 0.688. The van der Waals surface area contributed by atoms with Crippen LogP contribution in [0.5, 0.6) is 17.2 Å². The first kappa shape index (κ1) is 17.2. The van der Waals surface area contributed by atoms with Crippen molar-refractivity contribution in [2.45, 2.75) is 32.2 Å². The molecule has 1 N–H and O–H groups in total. The van der Waals surface area contributed by atoms with Crippen molar-refractivity contribution in [3.8, 4) is 17.2 Å². The van der Waals surface area contributed by atoms with E-state index in [2.05, 4.69) is 0 Å². The molecule has 0 fully saturated rings. The number of benzene rings is 2. The molecule has 6 heteroatoms. The number of hydrogen-bond donors (Lipinski definition) is 1. The number of aromatic carboxylic acids is 1. The topological polar surface area (TPSA) is 65.0 Å². The van der Waals surface area contributed by atoms with Crippen molar-refractivity contribution in [1.82, 2.24) is 0 Å². The van der Waals surface area contributed by atoms with Gasteiger partial charge in [-0.25, -0.2) is 4.79 Å². The molecule has 3 rings (SSSR count). The third-order valence-electron chi connectivity index (χ3n) is 4.09. The lowest BCUT2D eigenvalue weighted by molar-refractivity contribution is 0.0696. The van der Waals surface area contributed by atoms with Gasteiger partial charge >= 0.3 is 5.97 Å². The van der Waals surface area contributed by atoms with Gasteiger partial charge in [0.2, 0.25) is 6.79 Å². The molecule has 2 aromatic carbocycles. The van der Waals surface area contributed by atoms with Crippen LogP contribution in [0, 0.1) is 0 Å². The zero-order chi connectivity index (χ0) is 18.0. The number of carbonyl (C=O) groups is 1. The average Bonchev–Trinajstić information content (AvgIpc) is 3.04. The second-order valence-corrected chi connectivity index (χ2v) is 6.15. The normalized spacial score (nSPS) is 14.8. The number of ether oxygens (including phenoxy) is 3. The van der Waals surface area contributed by atoms with Gasteiger partial charge in [0.05, 0.1) is 11.1 Å². The van der Waals surface area contributed by atoms with Gasteiger partial charge in [0, 0.05) is 0 Å². The molecule has 0 aromatic heterocycles. The summed E-state index contributed by atoms with van der Waals surface area (Å²) in [5, 5.41) is 9.18. The van der Waals surface area contributed by atoms with E-state index < -0.39 is 11.5 Å². The summed E-state index contributed by atoms with van der Waals surface area (Å²) in [6.45, 7) is 3.97. The zero-order valence-corrected chi connectivity index (χ0v) is 14.2. The van der Waals surface area contributed by atoms with Crippen LogP contribution >= 0.6 is 0 Å². The first-order valence-electron chi connectivity index (χ1n) is 8.15. The molecule has 25 heavy (non-hydrogen) atoms. The summed E-state index contributed by atoms with van der Waals surface area (Å²) in [4.78, 5) is 11.2. The Labute approximate surface area is 147 Å². The Morgan fingerprint density at radius 1 is 1.24 bits per heavy atom. The van der Waals surface area contributed by atoms with Crippen LogP contribution in [0.4, 0.5) is 0 Å². The SMILES string of the molecule is [B]C(C)(Oc1ccc(C(=O)O)cc1CCC)c1ccc2c(c1)OCO2. The minimum atomic E-state index is -1.10. The molecule has 1 unspecified atom stereocenters. The highest BCUT2D eigenvalue weighted by Crippen LogP contribution is 2.37. The molecule has 1 heterocycles. The Kier molecular flexibility index (Phi) is 4.62. The standard InChI is InChI=1S/C19H19BO5/c1-3-4-12-9-13(18(21)22)5-7-15(12)25-19(2,20)14-6-8-16-17(10-14)24-11-23-16/h5-10H,3-4,11H2,1-2H3,(H,21,22). The van der Waals surface area contributed by atoms with Crippen LogP contribution in [-0.2, 0) is 11.9 Å². The fraction of sp³-hybridized carbons (Fsp3) is 0.316. The van der Waals surface area contributed by atoms with E-state index in [0.717, 1.165) is 17.5 Å². The summed E-state index contributed by atoms with van der Waals surface area (Å²) in [7, 11) is 6.39. The van der Waals surface area contributed by atoms with Crippen molar-refractivity contribution in [1.29, 1.82) is 0 Å². The van der Waals surface area contributed by atoms with Crippen LogP contribution in [0.1, 0.15) is 41.8 Å². The van der Waals surface area contributed by atoms with Crippen molar-refractivity contribution >= 4 is 13.8 Å². The van der Waals surface area contributed by atoms with Crippen molar-refractivity contribution < 1.29 is 24.1 Å². The number of carboxylic acids is 1. The molecule has 128 valence electrons. The Bertz CT molecular complexity index is 800. The van der Waals surface area contributed by atoms with Gasteiger partial charge in [-0.3, -0.25) is 0 Å². The Morgan fingerprint density at radius 2 is 2.00 bits per heavy atom. The van der Waals surface area contributed by atoms with Crippen molar-refractivity contribution in [3.63, 3.8) is 0 Å². The fourth-order valence-corrected chi connectivity index (χ4v) is 2.77. The quantitative estimate of drug-likeness (QED) is 0.817. The molecule has 0 saturated heterocycles. The highest BCUT2D eigenvalue weighted by Gasteiger charge is 2.26. The van der Waals surface area contributed by atoms with E-state index in [1.807, 2.05) is 13.0 Å². The van der Waals surface area contributed by atoms with E-state index >= 15 is 0 Å². The highest BCUT2D eigenvalue weighted by molar-refractivity contribution is 6.14. The summed E-state index contributed by atoms with van der Waals surface area (Å²) < 4.78 is 16.8. The molecule has 0 bridgehead atoms. The van der Waals surface area contributed by atoms with Gasteiger partial charge in [-0.2, -0.15) is 0 Å². The Balaban J connectivity index is 1.90. The van der Waals surface area contributed by atoms with Gasteiger partial charge in [0.15, 0.2) is 11.5 Å². The van der Waals surface area contributed by atoms with Crippen molar-refractivity contribution in [2.24, 2.45) is 0 Å². The molecule has 1 aliphatic rings. The maximum atomic E-state index is 11.2. The molecule has 0 saturated carbocycles. The van der Waals surface area contributed by atoms with Crippen LogP contribution in [0.25, 0.3) is 0 Å². The van der Waals surface area contributed by atoms with E-state index in [4.69, 9.17) is 22.1 Å². The summed E-state index contributed by atoms with van der Waals surface area (Å²) >= 11 is 0. The van der Waals surface area contributed by atoms with Crippen molar-refractivity contribution in [2.75, 3.05) is 6.79 Å². The maximum Gasteiger partial charge on any atom is 0.335 e. The lowest BCUT2D eigenvalue weighted by Gasteiger charge is -2.29. The van der Waals surface area contributed by atoms with Gasteiger partial charge in [0.25, 0.3) is 0 Å². The van der Waals surface area contributed by atoms with Gasteiger partial charge in [-0.1, -0.05) is 19.4 Å². The summed E-state index contributed by atoms with van der Waals surface area (Å²) in [6.07, 6.45) is 1.57. The molecule has 2 radical (unpaired) electrons. The molecular formula is C19H19BO5. The minimum absolute atomic E-state index is 0.193. The molecule has 0 aliphatic carbocycles. The van der Waals surface area contributed by atoms with Gasteiger partial charge in [-0.05, 0) is 54.8 Å². The molecule has 5 nitrogen and oxygen atoms in total. The smallest absolute Gasteiger partial charge is 0.335 e. The van der Waals surface area contributed by atoms with Gasteiger partial charge < -0.3 is 19.3 Å². The van der Waals surface area contributed by atoms with Crippen molar-refractivity contribution in [3.05, 3.63) is 53.1 Å². The second-order valence-electron chi connectivity index (χ2n) is 6.15. The molecule has 0 amide bonds. The van der Waals surface area contributed by atoms with E-state index in [-0.39, 0.29) is 12.4 Å². The first-order chi connectivity index (χ1) is 11.9. The lowest BCUT2D eigenvalue weighted by atomic mass is 9.77. The predicted molar refractivity (Wildman–Crippen MR) is 93.7 cm³/mol. The Morgan fingerprint density at radius 3 is 2.72 bits per heavy atom. The number of aryl methyl sites for hydroxylation is 1. The molecule has 1 atom stereocenters. The second kappa shape index (κ2) is 6.71. The van der Waals surface area contributed by atoms with Gasteiger partial charge in [0.1, 0.15) is 13.6 Å². The van der Waals surface area contributed by atoms with Crippen LogP contribution in [0.3, 0.4) is 0 Å². The maximum absolute atomic E-state index is 11.2. The van der Waals surface area contributed by atoms with Crippen LogP contribution in [-0.4, -0.2) is 25.7 Å². The zero-order valence-electron chi connectivity index (χ0n) is 14.2. The van der Waals surface area contributed by atoms with Crippen LogP contribution in [0.2, 0.25) is 0 Å². The molecular weight excluding hydrogens is 319 g/mol. The fourth-order valence-electron chi connectivity index (χ4n) is 2.77. The largest absolute Gasteiger partial charge is 0.493 e. The highest BCUT2D eigenvalue weighted by atomic mass is 16.7. The minimum Gasteiger partial charge on any atom is -0.493 e. The molecule has 2 aromatic rings.